The van der Waals surface area contributed by atoms with Gasteiger partial charge >= 0.3 is 0 Å². The van der Waals surface area contributed by atoms with Crippen molar-refractivity contribution in [3.8, 4) is 0 Å². The highest BCUT2D eigenvalue weighted by molar-refractivity contribution is 4.82. The van der Waals surface area contributed by atoms with Gasteiger partial charge in [-0.15, -0.1) is 0 Å². The fraction of sp³-hybridized carbons (Fsp3) is 1.00. The fourth-order valence-corrected chi connectivity index (χ4v) is 1.66. The van der Waals surface area contributed by atoms with Crippen molar-refractivity contribution in [1.29, 1.82) is 0 Å². The van der Waals surface area contributed by atoms with Crippen molar-refractivity contribution in [1.82, 2.24) is 0 Å². The summed E-state index contributed by atoms with van der Waals surface area (Å²) in [6.07, 6.45) is 3.96. The van der Waals surface area contributed by atoms with Crippen molar-refractivity contribution in [2.45, 2.75) is 77.1 Å². The molecule has 0 spiro atoms. The number of methoxy groups -OCH3 is 3. The minimum Gasteiger partial charge on any atom is -0.379 e. The molecular formula is C15H32O3. The van der Waals surface area contributed by atoms with E-state index in [0.29, 0.717) is 0 Å². The zero-order valence-electron chi connectivity index (χ0n) is 13.6. The molecule has 0 aliphatic carbocycles. The molecule has 18 heavy (non-hydrogen) atoms. The van der Waals surface area contributed by atoms with Crippen molar-refractivity contribution in [3.05, 3.63) is 0 Å². The van der Waals surface area contributed by atoms with Gasteiger partial charge in [-0.1, -0.05) is 0 Å². The van der Waals surface area contributed by atoms with Crippen LogP contribution in [0.2, 0.25) is 0 Å². The highest BCUT2D eigenvalue weighted by Gasteiger charge is 2.30. The maximum absolute atomic E-state index is 5.71. The van der Waals surface area contributed by atoms with E-state index in [1.807, 2.05) is 0 Å². The summed E-state index contributed by atoms with van der Waals surface area (Å²) in [7, 11) is 5.32. The summed E-state index contributed by atoms with van der Waals surface area (Å²) in [5.74, 6) is 0. The molecule has 110 valence electrons. The molecular weight excluding hydrogens is 228 g/mol. The maximum atomic E-state index is 5.71. The van der Waals surface area contributed by atoms with Crippen LogP contribution in [0.15, 0.2) is 0 Å². The third-order valence-electron chi connectivity index (χ3n) is 4.11. The van der Waals surface area contributed by atoms with Gasteiger partial charge < -0.3 is 14.2 Å². The lowest BCUT2D eigenvalue weighted by Gasteiger charge is -2.35. The Labute approximate surface area is 113 Å². The molecule has 0 rings (SSSR count). The fourth-order valence-electron chi connectivity index (χ4n) is 1.66. The Hall–Kier alpha value is -0.120. The van der Waals surface area contributed by atoms with E-state index in [4.69, 9.17) is 14.2 Å². The average molecular weight is 260 g/mol. The molecule has 3 nitrogen and oxygen atoms in total. The molecule has 0 aromatic heterocycles. The molecule has 0 saturated carbocycles. The molecule has 0 fully saturated rings. The molecule has 0 radical (unpaired) electrons. The van der Waals surface area contributed by atoms with E-state index in [0.717, 1.165) is 25.7 Å². The summed E-state index contributed by atoms with van der Waals surface area (Å²) in [4.78, 5) is 0. The van der Waals surface area contributed by atoms with Crippen LogP contribution >= 0.6 is 0 Å². The first-order valence-electron chi connectivity index (χ1n) is 6.75. The quantitative estimate of drug-likeness (QED) is 0.631. The van der Waals surface area contributed by atoms with Gasteiger partial charge in [0.2, 0.25) is 0 Å². The lowest BCUT2D eigenvalue weighted by atomic mass is 9.86. The van der Waals surface area contributed by atoms with Crippen LogP contribution in [0.1, 0.15) is 60.3 Å². The molecule has 0 unspecified atom stereocenters. The van der Waals surface area contributed by atoms with Gasteiger partial charge in [-0.3, -0.25) is 0 Å². The van der Waals surface area contributed by atoms with Crippen LogP contribution in [-0.2, 0) is 14.2 Å². The largest absolute Gasteiger partial charge is 0.379 e. The maximum Gasteiger partial charge on any atom is 0.0652 e. The molecule has 0 bridgehead atoms. The number of ether oxygens (including phenoxy) is 3. The third kappa shape index (κ3) is 6.72. The van der Waals surface area contributed by atoms with E-state index >= 15 is 0 Å². The predicted octanol–water partition coefficient (Wildman–Crippen LogP) is 3.80. The van der Waals surface area contributed by atoms with Gasteiger partial charge in [0.05, 0.1) is 16.8 Å². The standard InChI is InChI=1S/C15H32O3/c1-13(2,16-6)9-11-15(5,18-8)12-10-14(3,4)17-7/h9-12H2,1-8H3. The SMILES string of the molecule is COC(C)(C)CCC(C)(CCC(C)(C)OC)OC. The highest BCUT2D eigenvalue weighted by atomic mass is 16.5. The van der Waals surface area contributed by atoms with E-state index < -0.39 is 0 Å². The monoisotopic (exact) mass is 260 g/mol. The molecule has 3 heteroatoms. The second kappa shape index (κ2) is 6.88. The highest BCUT2D eigenvalue weighted by Crippen LogP contribution is 2.30. The van der Waals surface area contributed by atoms with E-state index in [-0.39, 0.29) is 16.8 Å². The summed E-state index contributed by atoms with van der Waals surface area (Å²) >= 11 is 0. The Morgan fingerprint density at radius 3 is 1.11 bits per heavy atom. The third-order valence-corrected chi connectivity index (χ3v) is 4.11. The van der Waals surface area contributed by atoms with E-state index in [1.54, 1.807) is 21.3 Å². The topological polar surface area (TPSA) is 27.7 Å². The summed E-state index contributed by atoms with van der Waals surface area (Å²) in [6, 6.07) is 0. The Morgan fingerprint density at radius 2 is 0.889 bits per heavy atom. The van der Waals surface area contributed by atoms with E-state index in [9.17, 15) is 0 Å². The van der Waals surface area contributed by atoms with Gasteiger partial charge in [0.25, 0.3) is 0 Å². The van der Waals surface area contributed by atoms with Crippen molar-refractivity contribution in [2.24, 2.45) is 0 Å². The normalized spacial score (nSPS) is 14.0. The lowest BCUT2D eigenvalue weighted by molar-refractivity contribution is -0.0610. The zero-order valence-corrected chi connectivity index (χ0v) is 13.6. The van der Waals surface area contributed by atoms with Crippen LogP contribution in [0, 0.1) is 0 Å². The summed E-state index contributed by atoms with van der Waals surface area (Å²) in [5, 5.41) is 0. The molecule has 0 atom stereocenters. The second-order valence-corrected chi connectivity index (χ2v) is 6.58. The van der Waals surface area contributed by atoms with E-state index in [1.165, 1.54) is 0 Å². The first-order valence-corrected chi connectivity index (χ1v) is 6.75. The Morgan fingerprint density at radius 1 is 0.556 bits per heavy atom. The predicted molar refractivity (Wildman–Crippen MR) is 76.1 cm³/mol. The lowest BCUT2D eigenvalue weighted by Crippen LogP contribution is -2.35. The van der Waals surface area contributed by atoms with Crippen LogP contribution in [0.4, 0.5) is 0 Å². The summed E-state index contributed by atoms with van der Waals surface area (Å²) < 4.78 is 16.6. The first-order chi connectivity index (χ1) is 8.10. The smallest absolute Gasteiger partial charge is 0.0652 e. The number of rotatable bonds is 9. The molecule has 0 aliphatic rings. The molecule has 0 aliphatic heterocycles. The van der Waals surface area contributed by atoms with E-state index in [2.05, 4.69) is 34.6 Å². The van der Waals surface area contributed by atoms with Gasteiger partial charge in [0.15, 0.2) is 0 Å². The van der Waals surface area contributed by atoms with Crippen molar-refractivity contribution in [2.75, 3.05) is 21.3 Å². The Bertz CT molecular complexity index is 214. The average Bonchev–Trinajstić information content (AvgIpc) is 2.34. The first kappa shape index (κ1) is 17.9. The van der Waals surface area contributed by atoms with Crippen molar-refractivity contribution < 1.29 is 14.2 Å². The van der Waals surface area contributed by atoms with Crippen LogP contribution < -0.4 is 0 Å². The van der Waals surface area contributed by atoms with Crippen LogP contribution in [0.25, 0.3) is 0 Å². The minimum absolute atomic E-state index is 0.0867. The van der Waals surface area contributed by atoms with Crippen LogP contribution in [0.5, 0.6) is 0 Å². The molecule has 0 N–H and O–H groups in total. The van der Waals surface area contributed by atoms with Gasteiger partial charge in [0.1, 0.15) is 0 Å². The molecule has 0 saturated heterocycles. The van der Waals surface area contributed by atoms with Gasteiger partial charge in [-0.05, 0) is 60.3 Å². The van der Waals surface area contributed by atoms with Gasteiger partial charge in [-0.2, -0.15) is 0 Å². The molecule has 0 aromatic rings. The summed E-state index contributed by atoms with van der Waals surface area (Å²) in [6.45, 7) is 10.6. The van der Waals surface area contributed by atoms with Gasteiger partial charge in [0, 0.05) is 21.3 Å². The second-order valence-electron chi connectivity index (χ2n) is 6.58. The number of hydrogen-bond donors (Lipinski definition) is 0. The van der Waals surface area contributed by atoms with Crippen molar-refractivity contribution >= 4 is 0 Å². The minimum atomic E-state index is -0.106. The van der Waals surface area contributed by atoms with Crippen LogP contribution in [0.3, 0.4) is 0 Å². The Balaban J connectivity index is 4.35. The van der Waals surface area contributed by atoms with Crippen LogP contribution in [-0.4, -0.2) is 38.1 Å². The zero-order chi connectivity index (χ0) is 14.4. The van der Waals surface area contributed by atoms with Crippen molar-refractivity contribution in [3.63, 3.8) is 0 Å². The molecule has 0 aromatic carbocycles. The Kier molecular flexibility index (Phi) is 6.83. The van der Waals surface area contributed by atoms with Gasteiger partial charge in [-0.25, -0.2) is 0 Å². The number of hydrogen-bond acceptors (Lipinski definition) is 3. The molecule has 0 amide bonds. The summed E-state index contributed by atoms with van der Waals surface area (Å²) in [5.41, 5.74) is -0.279. The molecule has 0 heterocycles.